The molecule has 0 aliphatic rings. The number of ether oxygens (including phenoxy) is 1. The van der Waals surface area contributed by atoms with Crippen LogP contribution in [0.15, 0.2) is 18.6 Å². The quantitative estimate of drug-likeness (QED) is 0.652. The van der Waals surface area contributed by atoms with E-state index in [1.165, 1.54) is 7.11 Å². The van der Waals surface area contributed by atoms with E-state index in [4.69, 9.17) is 0 Å². The molecule has 0 aliphatic carbocycles. The highest BCUT2D eigenvalue weighted by Gasteiger charge is 1.95. The third-order valence-corrected chi connectivity index (χ3v) is 1.65. The molecule has 70 valence electrons. The maximum Gasteiger partial charge on any atom is 0.309 e. The highest BCUT2D eigenvalue weighted by molar-refractivity contribution is 5.72. The molecule has 0 unspecified atom stereocenters. The first-order valence-corrected chi connectivity index (χ1v) is 3.93. The van der Waals surface area contributed by atoms with Crippen LogP contribution in [0.25, 0.3) is 6.08 Å². The summed E-state index contributed by atoms with van der Waals surface area (Å²) in [6.45, 7) is 0. The lowest BCUT2D eigenvalue weighted by Crippen LogP contribution is -1.96. The second kappa shape index (κ2) is 4.45. The topological polar surface area (TPSA) is 44.1 Å². The molecule has 4 nitrogen and oxygen atoms in total. The lowest BCUT2D eigenvalue weighted by Gasteiger charge is -1.94. The number of aromatic nitrogens is 2. The summed E-state index contributed by atoms with van der Waals surface area (Å²) in [6.07, 6.45) is 7.32. The van der Waals surface area contributed by atoms with Gasteiger partial charge in [0.25, 0.3) is 0 Å². The van der Waals surface area contributed by atoms with E-state index >= 15 is 0 Å². The molecule has 0 aromatic carbocycles. The number of rotatable bonds is 3. The fourth-order valence-electron chi connectivity index (χ4n) is 0.887. The molecule has 4 heteroatoms. The van der Waals surface area contributed by atoms with Gasteiger partial charge in [-0.25, -0.2) is 4.98 Å². The van der Waals surface area contributed by atoms with Gasteiger partial charge >= 0.3 is 5.97 Å². The fourth-order valence-corrected chi connectivity index (χ4v) is 0.887. The average molecular weight is 180 g/mol. The summed E-state index contributed by atoms with van der Waals surface area (Å²) in [5.74, 6) is -0.238. The molecule has 0 N–H and O–H groups in total. The van der Waals surface area contributed by atoms with Crippen LogP contribution in [0.2, 0.25) is 0 Å². The van der Waals surface area contributed by atoms with E-state index in [2.05, 4.69) is 9.72 Å². The van der Waals surface area contributed by atoms with Crippen molar-refractivity contribution in [1.29, 1.82) is 0 Å². The maximum atomic E-state index is 10.7. The van der Waals surface area contributed by atoms with Gasteiger partial charge in [-0.3, -0.25) is 4.79 Å². The van der Waals surface area contributed by atoms with Crippen molar-refractivity contribution < 1.29 is 9.53 Å². The lowest BCUT2D eigenvalue weighted by atomic mass is 10.3. The van der Waals surface area contributed by atoms with Gasteiger partial charge in [0.2, 0.25) is 0 Å². The standard InChI is InChI=1S/C9H12N2O2/c1-11-7-10-6-8(11)4-3-5-9(12)13-2/h3-4,6-7H,5H2,1-2H3. The summed E-state index contributed by atoms with van der Waals surface area (Å²) in [7, 11) is 3.27. The Labute approximate surface area is 76.8 Å². The van der Waals surface area contributed by atoms with Crippen molar-refractivity contribution in [2.24, 2.45) is 7.05 Å². The zero-order valence-corrected chi connectivity index (χ0v) is 7.73. The molecule has 1 aromatic rings. The van der Waals surface area contributed by atoms with Crippen LogP contribution in [0.4, 0.5) is 0 Å². The average Bonchev–Trinajstić information content (AvgIpc) is 2.52. The Hall–Kier alpha value is -1.58. The predicted octanol–water partition coefficient (Wildman–Crippen LogP) is 0.996. The van der Waals surface area contributed by atoms with E-state index in [0.717, 1.165) is 5.69 Å². The number of esters is 1. The SMILES string of the molecule is COC(=O)CC=Cc1cncn1C. The lowest BCUT2D eigenvalue weighted by molar-refractivity contribution is -0.139. The summed E-state index contributed by atoms with van der Waals surface area (Å²) in [6, 6.07) is 0. The van der Waals surface area contributed by atoms with Gasteiger partial charge in [-0.15, -0.1) is 0 Å². The van der Waals surface area contributed by atoms with Crippen LogP contribution < -0.4 is 0 Å². The van der Waals surface area contributed by atoms with Crippen molar-refractivity contribution in [3.05, 3.63) is 24.3 Å². The molecule has 0 amide bonds. The van der Waals surface area contributed by atoms with Gasteiger partial charge in [-0.05, 0) is 6.08 Å². The minimum atomic E-state index is -0.238. The van der Waals surface area contributed by atoms with Crippen LogP contribution in [-0.4, -0.2) is 22.6 Å². The maximum absolute atomic E-state index is 10.7. The van der Waals surface area contributed by atoms with Gasteiger partial charge in [0.05, 0.1) is 31.7 Å². The van der Waals surface area contributed by atoms with Crippen LogP contribution in [-0.2, 0) is 16.6 Å². The van der Waals surface area contributed by atoms with E-state index in [1.54, 1.807) is 18.6 Å². The first kappa shape index (κ1) is 9.51. The summed E-state index contributed by atoms with van der Waals surface area (Å²) >= 11 is 0. The Morgan fingerprint density at radius 1 is 1.77 bits per heavy atom. The van der Waals surface area contributed by atoms with Crippen LogP contribution in [0, 0.1) is 0 Å². The molecular formula is C9H12N2O2. The van der Waals surface area contributed by atoms with Gasteiger partial charge in [-0.2, -0.15) is 0 Å². The molecule has 1 rings (SSSR count). The van der Waals surface area contributed by atoms with Crippen molar-refractivity contribution in [2.45, 2.75) is 6.42 Å². The molecule has 0 aliphatic heterocycles. The third-order valence-electron chi connectivity index (χ3n) is 1.65. The van der Waals surface area contributed by atoms with E-state index in [9.17, 15) is 4.79 Å². The number of hydrogen-bond acceptors (Lipinski definition) is 3. The molecule has 0 fully saturated rings. The highest BCUT2D eigenvalue weighted by Crippen LogP contribution is 2.00. The van der Waals surface area contributed by atoms with Crippen molar-refractivity contribution in [3.8, 4) is 0 Å². The fraction of sp³-hybridized carbons (Fsp3) is 0.333. The van der Waals surface area contributed by atoms with Crippen molar-refractivity contribution >= 4 is 12.0 Å². The number of carbonyl (C=O) groups is 1. The zero-order valence-electron chi connectivity index (χ0n) is 7.73. The van der Waals surface area contributed by atoms with Crippen LogP contribution in [0.5, 0.6) is 0 Å². The summed E-state index contributed by atoms with van der Waals surface area (Å²) < 4.78 is 6.36. The molecule has 13 heavy (non-hydrogen) atoms. The summed E-state index contributed by atoms with van der Waals surface area (Å²) in [5, 5.41) is 0. The minimum absolute atomic E-state index is 0.238. The Morgan fingerprint density at radius 2 is 2.54 bits per heavy atom. The molecule has 0 spiro atoms. The minimum Gasteiger partial charge on any atom is -0.469 e. The number of nitrogens with zero attached hydrogens (tertiary/aromatic N) is 2. The van der Waals surface area contributed by atoms with Crippen molar-refractivity contribution in [3.63, 3.8) is 0 Å². The van der Waals surface area contributed by atoms with Gasteiger partial charge in [0, 0.05) is 7.05 Å². The molecule has 1 heterocycles. The number of imidazole rings is 1. The van der Waals surface area contributed by atoms with Gasteiger partial charge in [0.1, 0.15) is 0 Å². The number of carbonyl (C=O) groups excluding carboxylic acids is 1. The normalized spacial score (nSPS) is 10.6. The summed E-state index contributed by atoms with van der Waals surface area (Å²) in [4.78, 5) is 14.7. The second-order valence-electron chi connectivity index (χ2n) is 2.61. The Bertz CT molecular complexity index is 315. The van der Waals surface area contributed by atoms with E-state index < -0.39 is 0 Å². The highest BCUT2D eigenvalue weighted by atomic mass is 16.5. The Morgan fingerprint density at radius 3 is 3.08 bits per heavy atom. The van der Waals surface area contributed by atoms with Crippen LogP contribution in [0.1, 0.15) is 12.1 Å². The smallest absolute Gasteiger partial charge is 0.309 e. The first-order valence-electron chi connectivity index (χ1n) is 3.93. The summed E-state index contributed by atoms with van der Waals surface area (Å²) in [5.41, 5.74) is 0.962. The van der Waals surface area contributed by atoms with E-state index in [-0.39, 0.29) is 5.97 Å². The molecule has 0 bridgehead atoms. The number of methoxy groups -OCH3 is 1. The Balaban J connectivity index is 2.50. The van der Waals surface area contributed by atoms with E-state index in [0.29, 0.717) is 6.42 Å². The molecule has 0 saturated heterocycles. The zero-order chi connectivity index (χ0) is 9.68. The molecule has 0 atom stereocenters. The second-order valence-corrected chi connectivity index (χ2v) is 2.61. The number of aryl methyl sites for hydroxylation is 1. The van der Waals surface area contributed by atoms with Crippen molar-refractivity contribution in [1.82, 2.24) is 9.55 Å². The monoisotopic (exact) mass is 180 g/mol. The van der Waals surface area contributed by atoms with E-state index in [1.807, 2.05) is 17.7 Å². The molecule has 0 saturated carbocycles. The van der Waals surface area contributed by atoms with Gasteiger partial charge in [-0.1, -0.05) is 6.08 Å². The van der Waals surface area contributed by atoms with Gasteiger partial charge in [0.15, 0.2) is 0 Å². The van der Waals surface area contributed by atoms with Crippen LogP contribution in [0.3, 0.4) is 0 Å². The largest absolute Gasteiger partial charge is 0.469 e. The van der Waals surface area contributed by atoms with Crippen molar-refractivity contribution in [2.75, 3.05) is 7.11 Å². The molecular weight excluding hydrogens is 168 g/mol. The molecule has 0 radical (unpaired) electrons. The molecule has 1 aromatic heterocycles. The predicted molar refractivity (Wildman–Crippen MR) is 48.9 cm³/mol. The Kier molecular flexibility index (Phi) is 3.25. The van der Waals surface area contributed by atoms with Crippen LogP contribution >= 0.6 is 0 Å². The third kappa shape index (κ3) is 2.74. The van der Waals surface area contributed by atoms with Gasteiger partial charge < -0.3 is 9.30 Å². The number of hydrogen-bond donors (Lipinski definition) is 0. The first-order chi connectivity index (χ1) is 6.24.